The molecule has 1 unspecified atom stereocenters. The molecular formula is C4H6IN2-. The zero-order valence-corrected chi connectivity index (χ0v) is 6.16. The zero-order chi connectivity index (χ0) is 5.11. The molecule has 1 atom stereocenters. The molecule has 0 N–H and O–H groups in total. The second-order valence-corrected chi connectivity index (χ2v) is 4.37. The van der Waals surface area contributed by atoms with E-state index in [0.29, 0.717) is 3.92 Å². The van der Waals surface area contributed by atoms with Crippen LogP contribution in [0.4, 0.5) is 0 Å². The summed E-state index contributed by atoms with van der Waals surface area (Å²) in [6, 6.07) is 0. The maximum atomic E-state index is 4.05. The molecule has 0 saturated carbocycles. The van der Waals surface area contributed by atoms with Crippen molar-refractivity contribution < 1.29 is 21.5 Å². The Balaban J connectivity index is 2.49. The van der Waals surface area contributed by atoms with E-state index in [9.17, 15) is 0 Å². The van der Waals surface area contributed by atoms with Crippen molar-refractivity contribution in [3.05, 3.63) is 0 Å². The predicted octanol–water partition coefficient (Wildman–Crippen LogP) is -2.51. The van der Waals surface area contributed by atoms with E-state index in [0.717, 1.165) is 0 Å². The van der Waals surface area contributed by atoms with Crippen LogP contribution in [0.3, 0.4) is 0 Å². The predicted molar refractivity (Wildman–Crippen MR) is 26.4 cm³/mol. The third kappa shape index (κ3) is 1.54. The minimum absolute atomic E-state index is 0.0721. The quantitative estimate of drug-likeness (QED) is 0.311. The summed E-state index contributed by atoms with van der Waals surface area (Å²) in [5.41, 5.74) is 0. The summed E-state index contributed by atoms with van der Waals surface area (Å²) < 4.78 is 4.70. The van der Waals surface area contributed by atoms with Crippen molar-refractivity contribution in [3.8, 4) is 0 Å². The van der Waals surface area contributed by atoms with E-state index >= 15 is 0 Å². The van der Waals surface area contributed by atoms with Crippen molar-refractivity contribution in [1.29, 1.82) is 0 Å². The molecule has 0 aliphatic carbocycles. The van der Waals surface area contributed by atoms with Gasteiger partial charge in [-0.05, 0) is 0 Å². The van der Waals surface area contributed by atoms with Crippen LogP contribution in [0.2, 0.25) is 0 Å². The van der Waals surface area contributed by atoms with Gasteiger partial charge >= 0.3 is 53.1 Å². The molecule has 0 aromatic rings. The molecule has 0 bridgehead atoms. The molecule has 0 amide bonds. The third-order valence-electron chi connectivity index (χ3n) is 0.612. The second kappa shape index (κ2) is 2.40. The molecule has 3 heteroatoms. The fourth-order valence-corrected chi connectivity index (χ4v) is 1.45. The van der Waals surface area contributed by atoms with Gasteiger partial charge in [-0.1, -0.05) is 0 Å². The number of alkyl halides is 1. The molecule has 0 saturated heterocycles. The van der Waals surface area contributed by atoms with Crippen LogP contribution < -0.4 is 21.5 Å². The molecule has 0 spiro atoms. The van der Waals surface area contributed by atoms with Gasteiger partial charge in [0, 0.05) is 0 Å². The van der Waals surface area contributed by atoms with E-state index in [1.807, 2.05) is 6.21 Å². The van der Waals surface area contributed by atoms with E-state index < -0.39 is 0 Å². The summed E-state index contributed by atoms with van der Waals surface area (Å²) in [5, 5.41) is 0. The van der Waals surface area contributed by atoms with Gasteiger partial charge in [-0.2, -0.15) is 0 Å². The van der Waals surface area contributed by atoms with Gasteiger partial charge in [-0.3, -0.25) is 0 Å². The average Bonchev–Trinajstić information content (AvgIpc) is 1.69. The van der Waals surface area contributed by atoms with E-state index in [-0.39, 0.29) is 21.5 Å². The van der Waals surface area contributed by atoms with E-state index in [4.69, 9.17) is 0 Å². The fourth-order valence-electron chi connectivity index (χ4n) is 0.322. The number of nitrogens with zero attached hydrogens (tertiary/aromatic N) is 2. The third-order valence-corrected chi connectivity index (χ3v) is 2.38. The zero-order valence-electron chi connectivity index (χ0n) is 4.00. The van der Waals surface area contributed by atoms with Crippen molar-refractivity contribution in [2.24, 2.45) is 8.20 Å². The van der Waals surface area contributed by atoms with Gasteiger partial charge in [0.1, 0.15) is 0 Å². The Morgan fingerprint density at radius 1 is 1.71 bits per heavy atom. The Morgan fingerprint density at radius 2 is 2.57 bits per heavy atom. The fraction of sp³-hybridized carbons (Fsp3) is 0.500. The molecule has 1 heterocycles. The molecule has 0 aromatic heterocycles. The van der Waals surface area contributed by atoms with Gasteiger partial charge in [0.05, 0.1) is 0 Å². The summed E-state index contributed by atoms with van der Waals surface area (Å²) in [7, 11) is 0. The Morgan fingerprint density at radius 3 is 2.86 bits per heavy atom. The van der Waals surface area contributed by atoms with Crippen molar-refractivity contribution in [1.82, 2.24) is 0 Å². The Labute approximate surface area is 53.4 Å². The van der Waals surface area contributed by atoms with Gasteiger partial charge in [0.2, 0.25) is 0 Å². The molecule has 0 radical (unpaired) electrons. The number of halogens is 1. The second-order valence-electron chi connectivity index (χ2n) is 1.29. The summed E-state index contributed by atoms with van der Waals surface area (Å²) >= 11 is 0.0721. The Kier molecular flexibility index (Phi) is 1.78. The summed E-state index contributed by atoms with van der Waals surface area (Å²) in [4.78, 5) is 3.87. The monoisotopic (exact) mass is 209 g/mol. The van der Waals surface area contributed by atoms with Gasteiger partial charge in [0.25, 0.3) is 0 Å². The molecule has 0 aromatic carbocycles. The van der Waals surface area contributed by atoms with Crippen molar-refractivity contribution in [3.63, 3.8) is 0 Å². The van der Waals surface area contributed by atoms with Crippen LogP contribution in [0, 0.1) is 0 Å². The summed E-state index contributed by atoms with van der Waals surface area (Å²) in [5.74, 6) is 0. The molecule has 0 fully saturated rings. The SMILES string of the molecule is CC1C=NC=N[I-]1. The number of hydrogen-bond acceptors (Lipinski definition) is 2. The minimum atomic E-state index is 0.0721. The van der Waals surface area contributed by atoms with Gasteiger partial charge in [-0.25, -0.2) is 0 Å². The van der Waals surface area contributed by atoms with E-state index in [1.54, 1.807) is 6.34 Å². The van der Waals surface area contributed by atoms with Crippen LogP contribution in [0.25, 0.3) is 0 Å². The molecular weight excluding hydrogens is 203 g/mol. The van der Waals surface area contributed by atoms with Crippen LogP contribution in [0.15, 0.2) is 8.20 Å². The molecule has 2 nitrogen and oxygen atoms in total. The number of hydrogen-bond donors (Lipinski definition) is 0. The number of aliphatic imine (C=N–C) groups is 1. The summed E-state index contributed by atoms with van der Waals surface area (Å²) in [6.45, 7) is 2.15. The van der Waals surface area contributed by atoms with Gasteiger partial charge in [-0.15, -0.1) is 0 Å². The first kappa shape index (κ1) is 5.21. The topological polar surface area (TPSA) is 24.7 Å². The standard InChI is InChI=1S/C4H6IN2/c1-4-2-6-3-7-5-4/h2-4H,1H3/q-1. The van der Waals surface area contributed by atoms with Crippen LogP contribution in [-0.2, 0) is 0 Å². The van der Waals surface area contributed by atoms with Crippen molar-refractivity contribution in [2.75, 3.05) is 0 Å². The van der Waals surface area contributed by atoms with Crippen molar-refractivity contribution in [2.45, 2.75) is 10.8 Å². The van der Waals surface area contributed by atoms with Crippen LogP contribution in [-0.4, -0.2) is 16.5 Å². The first-order valence-electron chi connectivity index (χ1n) is 2.07. The normalized spacial score (nSPS) is 29.6. The Hall–Kier alpha value is 0.0700. The molecule has 1 rings (SSSR count). The first-order valence-corrected chi connectivity index (χ1v) is 4.28. The van der Waals surface area contributed by atoms with Crippen LogP contribution in [0.5, 0.6) is 0 Å². The first-order chi connectivity index (χ1) is 3.39. The van der Waals surface area contributed by atoms with E-state index in [2.05, 4.69) is 15.1 Å². The van der Waals surface area contributed by atoms with Crippen molar-refractivity contribution >= 4 is 12.6 Å². The van der Waals surface area contributed by atoms with Gasteiger partial charge in [0.15, 0.2) is 0 Å². The molecule has 7 heavy (non-hydrogen) atoms. The van der Waals surface area contributed by atoms with Crippen LogP contribution in [0.1, 0.15) is 6.92 Å². The van der Waals surface area contributed by atoms with Gasteiger partial charge < -0.3 is 0 Å². The average molecular weight is 209 g/mol. The maximum absolute atomic E-state index is 4.05. The summed E-state index contributed by atoms with van der Waals surface area (Å²) in [6.07, 6.45) is 3.60. The molecule has 1 aliphatic rings. The number of rotatable bonds is 0. The molecule has 40 valence electrons. The van der Waals surface area contributed by atoms with Crippen LogP contribution >= 0.6 is 0 Å². The molecule has 1 aliphatic heterocycles. The van der Waals surface area contributed by atoms with E-state index in [1.165, 1.54) is 0 Å². The Bertz CT molecular complexity index is 108.